The zero-order chi connectivity index (χ0) is 13.3. The summed E-state index contributed by atoms with van der Waals surface area (Å²) in [7, 11) is -3.57. The molecule has 4 N–H and O–H groups in total. The summed E-state index contributed by atoms with van der Waals surface area (Å²) in [6, 6.07) is 0. The highest BCUT2D eigenvalue weighted by atomic mass is 31.2. The van der Waals surface area contributed by atoms with Crippen molar-refractivity contribution in [1.82, 2.24) is 5.32 Å². The fourth-order valence-electron chi connectivity index (χ4n) is 0.861. The molecule has 0 rings (SSSR count). The van der Waals surface area contributed by atoms with E-state index in [0.717, 1.165) is 6.66 Å². The minimum Gasteiger partial charge on any atom is -0.465 e. The summed E-state index contributed by atoms with van der Waals surface area (Å²) in [6.45, 7) is 1.26. The molecule has 0 aromatic heterocycles. The molecule has 2 atom stereocenters. The Bertz CT molecular complexity index is 267. The fraction of sp³-hybridized carbons (Fsp3) is 0.875. The second kappa shape index (κ2) is 8.43. The number of ether oxygens (including phenoxy) is 1. The van der Waals surface area contributed by atoms with E-state index in [1.165, 1.54) is 0 Å². The molecule has 0 saturated heterocycles. The molecular weight excluding hydrogens is 253 g/mol. The first kappa shape index (κ1) is 16.3. The topological polar surface area (TPSA) is 125 Å². The molecule has 0 aromatic carbocycles. The quantitative estimate of drug-likeness (QED) is 0.339. The van der Waals surface area contributed by atoms with Gasteiger partial charge in [-0.3, -0.25) is 4.57 Å². The van der Waals surface area contributed by atoms with Crippen molar-refractivity contribution in [2.45, 2.75) is 12.5 Å². The van der Waals surface area contributed by atoms with Gasteiger partial charge in [-0.25, -0.2) is 4.79 Å². The Morgan fingerprint density at radius 1 is 1.47 bits per heavy atom. The standard InChI is InChI=1S/C8H18NO7P/c1-17(13,14)16-6-7(10)5-15-4-2-3-9-8(11)12/h7,9-10H,2-6H2,1H3,(H,11,12)(H,13,14). The normalized spacial score (nSPS) is 16.2. The summed E-state index contributed by atoms with van der Waals surface area (Å²) in [6.07, 6.45) is -1.60. The van der Waals surface area contributed by atoms with Crippen molar-refractivity contribution >= 4 is 13.7 Å². The van der Waals surface area contributed by atoms with Gasteiger partial charge >= 0.3 is 13.7 Å². The fourth-order valence-corrected chi connectivity index (χ4v) is 1.31. The predicted octanol–water partition coefficient (Wildman–Crippen LogP) is -0.147. The Labute approximate surface area is 99.1 Å². The van der Waals surface area contributed by atoms with Crippen LogP contribution < -0.4 is 5.32 Å². The van der Waals surface area contributed by atoms with Crippen LogP contribution in [0.5, 0.6) is 0 Å². The summed E-state index contributed by atoms with van der Waals surface area (Å²) < 4.78 is 20.2. The van der Waals surface area contributed by atoms with Gasteiger partial charge in [0.05, 0.1) is 13.2 Å². The maximum atomic E-state index is 10.7. The number of aliphatic hydroxyl groups excluding tert-OH is 1. The van der Waals surface area contributed by atoms with E-state index in [0.29, 0.717) is 6.42 Å². The molecule has 2 unspecified atom stereocenters. The van der Waals surface area contributed by atoms with Crippen LogP contribution in [0.3, 0.4) is 0 Å². The van der Waals surface area contributed by atoms with Crippen LogP contribution in [-0.4, -0.2) is 60.3 Å². The lowest BCUT2D eigenvalue weighted by Crippen LogP contribution is -2.24. The van der Waals surface area contributed by atoms with Crippen molar-refractivity contribution in [2.75, 3.05) is 33.0 Å². The lowest BCUT2D eigenvalue weighted by Gasteiger charge is -2.13. The summed E-state index contributed by atoms with van der Waals surface area (Å²) in [5.41, 5.74) is 0. The maximum absolute atomic E-state index is 10.7. The van der Waals surface area contributed by atoms with Crippen molar-refractivity contribution in [3.63, 3.8) is 0 Å². The lowest BCUT2D eigenvalue weighted by molar-refractivity contribution is 0.00975. The number of amides is 1. The van der Waals surface area contributed by atoms with Crippen molar-refractivity contribution < 1.29 is 33.7 Å². The number of hydrogen-bond acceptors (Lipinski definition) is 5. The minimum atomic E-state index is -3.57. The number of nitrogens with one attached hydrogen (secondary N) is 1. The third-order valence-corrected chi connectivity index (χ3v) is 2.19. The molecule has 0 radical (unpaired) electrons. The van der Waals surface area contributed by atoms with E-state index in [-0.39, 0.29) is 26.4 Å². The molecule has 0 saturated carbocycles. The average Bonchev–Trinajstić information content (AvgIpc) is 2.19. The molecule has 9 heteroatoms. The molecule has 0 aliphatic carbocycles. The molecular formula is C8H18NO7P. The second-order valence-electron chi connectivity index (χ2n) is 3.41. The number of aliphatic hydroxyl groups is 1. The van der Waals surface area contributed by atoms with Crippen LogP contribution in [0.4, 0.5) is 4.79 Å². The molecule has 0 fully saturated rings. The summed E-state index contributed by atoms with van der Waals surface area (Å²) >= 11 is 0. The molecule has 17 heavy (non-hydrogen) atoms. The molecule has 0 bridgehead atoms. The van der Waals surface area contributed by atoms with Gasteiger partial charge in [-0.05, 0) is 6.42 Å². The van der Waals surface area contributed by atoms with Crippen LogP contribution in [0.25, 0.3) is 0 Å². The Morgan fingerprint density at radius 2 is 2.12 bits per heavy atom. The van der Waals surface area contributed by atoms with Crippen LogP contribution >= 0.6 is 7.60 Å². The van der Waals surface area contributed by atoms with E-state index in [9.17, 15) is 14.5 Å². The SMILES string of the molecule is CP(=O)(O)OCC(O)COCCCNC(=O)O. The summed E-state index contributed by atoms with van der Waals surface area (Å²) in [5, 5.41) is 19.7. The van der Waals surface area contributed by atoms with Gasteiger partial charge in [-0.15, -0.1) is 0 Å². The minimum absolute atomic E-state index is 0.0347. The molecule has 0 aromatic rings. The van der Waals surface area contributed by atoms with Gasteiger partial charge in [0.2, 0.25) is 0 Å². The van der Waals surface area contributed by atoms with Crippen LogP contribution in [0.15, 0.2) is 0 Å². The van der Waals surface area contributed by atoms with E-state index in [4.69, 9.17) is 14.7 Å². The van der Waals surface area contributed by atoms with Crippen molar-refractivity contribution in [3.05, 3.63) is 0 Å². The van der Waals surface area contributed by atoms with E-state index < -0.39 is 19.8 Å². The van der Waals surface area contributed by atoms with Gasteiger partial charge in [0.15, 0.2) is 0 Å². The maximum Gasteiger partial charge on any atom is 0.404 e. The van der Waals surface area contributed by atoms with Gasteiger partial charge in [-0.1, -0.05) is 0 Å². The predicted molar refractivity (Wildman–Crippen MR) is 59.2 cm³/mol. The van der Waals surface area contributed by atoms with Gasteiger partial charge in [0.1, 0.15) is 6.10 Å². The number of hydrogen-bond donors (Lipinski definition) is 4. The van der Waals surface area contributed by atoms with Crippen LogP contribution in [0.2, 0.25) is 0 Å². The van der Waals surface area contributed by atoms with Gasteiger partial charge in [-0.2, -0.15) is 0 Å². The van der Waals surface area contributed by atoms with Gasteiger partial charge in [0.25, 0.3) is 0 Å². The molecule has 102 valence electrons. The zero-order valence-electron chi connectivity index (χ0n) is 9.53. The monoisotopic (exact) mass is 271 g/mol. The molecule has 0 spiro atoms. The third kappa shape index (κ3) is 13.3. The summed E-state index contributed by atoms with van der Waals surface area (Å²) in [4.78, 5) is 18.8. The highest BCUT2D eigenvalue weighted by Gasteiger charge is 2.13. The lowest BCUT2D eigenvalue weighted by atomic mass is 10.4. The van der Waals surface area contributed by atoms with Crippen LogP contribution in [0.1, 0.15) is 6.42 Å². The zero-order valence-corrected chi connectivity index (χ0v) is 10.4. The van der Waals surface area contributed by atoms with Crippen molar-refractivity contribution in [3.8, 4) is 0 Å². The Kier molecular flexibility index (Phi) is 8.11. The van der Waals surface area contributed by atoms with Crippen LogP contribution in [-0.2, 0) is 13.8 Å². The van der Waals surface area contributed by atoms with Gasteiger partial charge < -0.3 is 29.7 Å². The largest absolute Gasteiger partial charge is 0.465 e. The smallest absolute Gasteiger partial charge is 0.404 e. The van der Waals surface area contributed by atoms with Crippen LogP contribution in [0, 0.1) is 0 Å². The highest BCUT2D eigenvalue weighted by molar-refractivity contribution is 7.51. The van der Waals surface area contributed by atoms with E-state index in [1.54, 1.807) is 0 Å². The van der Waals surface area contributed by atoms with E-state index in [2.05, 4.69) is 9.84 Å². The molecule has 1 amide bonds. The Hall–Kier alpha value is -0.660. The first-order chi connectivity index (χ1) is 7.81. The Morgan fingerprint density at radius 3 is 2.65 bits per heavy atom. The van der Waals surface area contributed by atoms with E-state index in [1.807, 2.05) is 0 Å². The van der Waals surface area contributed by atoms with Crippen molar-refractivity contribution in [2.24, 2.45) is 0 Å². The summed E-state index contributed by atoms with van der Waals surface area (Å²) in [5.74, 6) is 0. The van der Waals surface area contributed by atoms with Crippen molar-refractivity contribution in [1.29, 1.82) is 0 Å². The molecule has 8 nitrogen and oxygen atoms in total. The Balaban J connectivity index is 3.36. The van der Waals surface area contributed by atoms with Gasteiger partial charge in [0, 0.05) is 19.8 Å². The molecule has 0 heterocycles. The molecule has 0 aliphatic heterocycles. The highest BCUT2D eigenvalue weighted by Crippen LogP contribution is 2.36. The second-order valence-corrected chi connectivity index (χ2v) is 5.28. The first-order valence-corrected chi connectivity index (χ1v) is 7.01. The third-order valence-electron chi connectivity index (χ3n) is 1.56. The number of rotatable bonds is 9. The first-order valence-electron chi connectivity index (χ1n) is 4.98. The molecule has 0 aliphatic rings. The average molecular weight is 271 g/mol. The number of carboxylic acid groups (broad SMARTS) is 1. The number of carbonyl (C=O) groups is 1. The van der Waals surface area contributed by atoms with E-state index >= 15 is 0 Å².